The first-order valence-corrected chi connectivity index (χ1v) is 13.1. The van der Waals surface area contributed by atoms with Crippen LogP contribution in [0.15, 0.2) is 36.4 Å². The number of phenolic OH excluding ortho intramolecular Hbond substituents is 1. The Bertz CT molecular complexity index is 1250. The molecule has 230 valence electrons. The van der Waals surface area contributed by atoms with E-state index in [-0.39, 0.29) is 35.0 Å². The number of aliphatic hydroxyl groups excluding tert-OH is 8. The van der Waals surface area contributed by atoms with Crippen molar-refractivity contribution in [2.75, 3.05) is 13.2 Å². The fourth-order valence-corrected chi connectivity index (χ4v) is 5.02. The lowest BCUT2D eigenvalue weighted by molar-refractivity contribution is -0.278. The molecule has 0 spiro atoms. The van der Waals surface area contributed by atoms with E-state index in [1.54, 1.807) is 12.1 Å². The normalized spacial score (nSPS) is 36.6. The zero-order valence-electron chi connectivity index (χ0n) is 21.9. The van der Waals surface area contributed by atoms with Crippen molar-refractivity contribution in [2.45, 2.75) is 73.9 Å². The fraction of sp³-hybridized carbons (Fsp3) is 0.519. The summed E-state index contributed by atoms with van der Waals surface area (Å²) in [7, 11) is 0. The zero-order valence-corrected chi connectivity index (χ0v) is 21.9. The quantitative estimate of drug-likeness (QED) is 0.160. The molecule has 3 aliphatic rings. The number of carbonyl (C=O) groups is 1. The number of phenols is 1. The van der Waals surface area contributed by atoms with Gasteiger partial charge in [0.1, 0.15) is 83.5 Å². The second-order valence-electron chi connectivity index (χ2n) is 10.3. The van der Waals surface area contributed by atoms with E-state index < -0.39 is 86.5 Å². The number of rotatable bonds is 7. The lowest BCUT2D eigenvalue weighted by atomic mass is 9.95. The molecule has 0 aromatic heterocycles. The summed E-state index contributed by atoms with van der Waals surface area (Å²) < 4.78 is 28.4. The van der Waals surface area contributed by atoms with Gasteiger partial charge in [-0.25, -0.2) is 0 Å². The monoisotopic (exact) mass is 596 g/mol. The third kappa shape index (κ3) is 5.76. The van der Waals surface area contributed by atoms with Crippen LogP contribution in [0.25, 0.3) is 0 Å². The summed E-state index contributed by atoms with van der Waals surface area (Å²) in [6.45, 7) is -1.42. The van der Waals surface area contributed by atoms with Gasteiger partial charge in [-0.05, 0) is 17.7 Å². The van der Waals surface area contributed by atoms with E-state index in [4.69, 9.17) is 23.7 Å². The average Bonchev–Trinajstić information content (AvgIpc) is 2.97. The highest BCUT2D eigenvalue weighted by Crippen LogP contribution is 2.44. The number of aliphatic hydroxyl groups is 8. The minimum Gasteiger partial charge on any atom is -0.508 e. The molecule has 0 aliphatic carbocycles. The number of ether oxygens (including phenoxy) is 5. The molecule has 0 radical (unpaired) electrons. The Labute approximate surface area is 238 Å². The topological polar surface area (TPSA) is 245 Å². The Morgan fingerprint density at radius 2 is 1.29 bits per heavy atom. The highest BCUT2D eigenvalue weighted by atomic mass is 16.7. The van der Waals surface area contributed by atoms with Crippen LogP contribution in [0.5, 0.6) is 23.0 Å². The molecule has 15 nitrogen and oxygen atoms in total. The maximum Gasteiger partial charge on any atom is 0.229 e. The van der Waals surface area contributed by atoms with Crippen LogP contribution < -0.4 is 14.2 Å². The number of carbonyl (C=O) groups excluding carboxylic acids is 1. The van der Waals surface area contributed by atoms with E-state index in [9.17, 15) is 50.8 Å². The largest absolute Gasteiger partial charge is 0.508 e. The van der Waals surface area contributed by atoms with Gasteiger partial charge in [-0.3, -0.25) is 4.79 Å². The number of benzene rings is 2. The summed E-state index contributed by atoms with van der Waals surface area (Å²) in [5, 5.41) is 90.2. The van der Waals surface area contributed by atoms with Crippen molar-refractivity contribution in [3.05, 3.63) is 47.5 Å². The van der Waals surface area contributed by atoms with E-state index in [0.717, 1.165) is 0 Å². The molecule has 15 heteroatoms. The summed E-state index contributed by atoms with van der Waals surface area (Å²) in [6, 6.07) is 8.43. The van der Waals surface area contributed by atoms with Crippen LogP contribution in [-0.2, 0) is 9.47 Å². The second kappa shape index (κ2) is 12.3. The van der Waals surface area contributed by atoms with Crippen LogP contribution in [0, 0.1) is 0 Å². The summed E-state index contributed by atoms with van der Waals surface area (Å²) >= 11 is 0. The molecule has 2 aromatic carbocycles. The molecule has 42 heavy (non-hydrogen) atoms. The third-order valence-electron chi connectivity index (χ3n) is 7.42. The molecule has 2 aromatic rings. The molecular formula is C27H32O15. The third-order valence-corrected chi connectivity index (χ3v) is 7.42. The number of hydrogen-bond acceptors (Lipinski definition) is 15. The van der Waals surface area contributed by atoms with Crippen molar-refractivity contribution in [1.82, 2.24) is 0 Å². The second-order valence-corrected chi connectivity index (χ2v) is 10.3. The highest BCUT2D eigenvalue weighted by Gasteiger charge is 2.47. The van der Waals surface area contributed by atoms with Gasteiger partial charge in [-0.15, -0.1) is 0 Å². The summed E-state index contributed by atoms with van der Waals surface area (Å²) in [6.07, 6.45) is -17.2. The Morgan fingerprint density at radius 1 is 0.738 bits per heavy atom. The molecule has 3 aliphatic heterocycles. The van der Waals surface area contributed by atoms with Crippen LogP contribution in [-0.4, -0.2) is 126 Å². The SMILES string of the molecule is O=C1CC(c2ccc(O)cc2)Oc2cc(O[C@@H]3O[C@H](CO)[C@@H](O)[C@H](O)[C@H]3O)cc(O[C@@H]3O[C@H](CO)[C@@H](O)[C@H](O)[C@H]3O)c21. The Morgan fingerprint density at radius 3 is 1.83 bits per heavy atom. The average molecular weight is 597 g/mol. The van der Waals surface area contributed by atoms with Gasteiger partial charge in [0, 0.05) is 12.1 Å². The first-order valence-electron chi connectivity index (χ1n) is 13.1. The smallest absolute Gasteiger partial charge is 0.229 e. The van der Waals surface area contributed by atoms with E-state index in [2.05, 4.69) is 0 Å². The molecular weight excluding hydrogens is 564 g/mol. The molecule has 9 N–H and O–H groups in total. The molecule has 2 saturated heterocycles. The van der Waals surface area contributed by atoms with Gasteiger partial charge in [0.05, 0.1) is 19.6 Å². The maximum atomic E-state index is 13.4. The number of hydrogen-bond donors (Lipinski definition) is 9. The number of aromatic hydroxyl groups is 1. The Balaban J connectivity index is 1.50. The van der Waals surface area contributed by atoms with Crippen LogP contribution in [0.3, 0.4) is 0 Å². The molecule has 0 bridgehead atoms. The number of Topliss-reactive ketones (excluding diaryl/α,β-unsaturated/α-hetero) is 1. The molecule has 0 saturated carbocycles. The van der Waals surface area contributed by atoms with Crippen LogP contribution >= 0.6 is 0 Å². The van der Waals surface area contributed by atoms with Gasteiger partial charge in [0.2, 0.25) is 12.6 Å². The molecule has 1 unspecified atom stereocenters. The molecule has 3 heterocycles. The van der Waals surface area contributed by atoms with Gasteiger partial charge in [-0.1, -0.05) is 12.1 Å². The van der Waals surface area contributed by atoms with Gasteiger partial charge in [0.25, 0.3) is 0 Å². The maximum absolute atomic E-state index is 13.4. The lowest BCUT2D eigenvalue weighted by Crippen LogP contribution is -2.60. The van der Waals surface area contributed by atoms with E-state index in [0.29, 0.717) is 5.56 Å². The van der Waals surface area contributed by atoms with Crippen molar-refractivity contribution in [2.24, 2.45) is 0 Å². The van der Waals surface area contributed by atoms with E-state index >= 15 is 0 Å². The zero-order chi connectivity index (χ0) is 30.3. The van der Waals surface area contributed by atoms with Gasteiger partial charge < -0.3 is 69.6 Å². The first kappa shape index (κ1) is 30.4. The summed E-state index contributed by atoms with van der Waals surface area (Å²) in [4.78, 5) is 13.4. The number of ketones is 1. The first-order chi connectivity index (χ1) is 20.0. The van der Waals surface area contributed by atoms with Gasteiger partial charge >= 0.3 is 0 Å². The van der Waals surface area contributed by atoms with Crippen LogP contribution in [0.2, 0.25) is 0 Å². The summed E-state index contributed by atoms with van der Waals surface area (Å²) in [5.74, 6) is -0.923. The van der Waals surface area contributed by atoms with E-state index in [1.165, 1.54) is 24.3 Å². The predicted octanol–water partition coefficient (Wildman–Crippen LogP) is -2.54. The Hall–Kier alpha value is -3.09. The van der Waals surface area contributed by atoms with Crippen molar-refractivity contribution in [3.8, 4) is 23.0 Å². The van der Waals surface area contributed by atoms with Crippen LogP contribution in [0.1, 0.15) is 28.4 Å². The minimum absolute atomic E-state index is 0.00622. The van der Waals surface area contributed by atoms with Crippen molar-refractivity contribution in [1.29, 1.82) is 0 Å². The van der Waals surface area contributed by atoms with Gasteiger partial charge in [0.15, 0.2) is 5.78 Å². The van der Waals surface area contributed by atoms with Crippen molar-refractivity contribution in [3.63, 3.8) is 0 Å². The minimum atomic E-state index is -1.81. The fourth-order valence-electron chi connectivity index (χ4n) is 5.02. The standard InChI is InChI=1S/C27H32O15/c28-8-17-20(32)22(34)24(36)26(41-17)38-12-5-15-19(13(31)7-14(39-15)10-1-3-11(30)4-2-10)16(6-12)40-27-25(37)23(35)21(33)18(9-29)42-27/h1-6,14,17-18,20-30,32-37H,7-9H2/t14?,17-,18-,20-,21-,22+,23+,24-,25-,26-,27-/m1/s1. The number of fused-ring (bicyclic) bond motifs is 1. The molecule has 2 fully saturated rings. The highest BCUT2D eigenvalue weighted by molar-refractivity contribution is 6.03. The lowest BCUT2D eigenvalue weighted by Gasteiger charge is -2.40. The Kier molecular flexibility index (Phi) is 8.86. The molecule has 0 amide bonds. The predicted molar refractivity (Wildman–Crippen MR) is 136 cm³/mol. The van der Waals surface area contributed by atoms with Crippen LogP contribution in [0.4, 0.5) is 0 Å². The molecule has 11 atom stereocenters. The summed E-state index contributed by atoms with van der Waals surface area (Å²) in [5.41, 5.74) is 0.464. The van der Waals surface area contributed by atoms with Crippen molar-refractivity contribution >= 4 is 5.78 Å². The molecule has 5 rings (SSSR count). The van der Waals surface area contributed by atoms with Crippen molar-refractivity contribution < 1.29 is 74.4 Å². The van der Waals surface area contributed by atoms with Gasteiger partial charge in [-0.2, -0.15) is 0 Å². The van der Waals surface area contributed by atoms with E-state index in [1.807, 2.05) is 0 Å².